The van der Waals surface area contributed by atoms with Crippen LogP contribution in [0.15, 0.2) is 114 Å². The second-order valence-electron chi connectivity index (χ2n) is 7.30. The lowest BCUT2D eigenvalue weighted by Crippen LogP contribution is -1.94. The molecule has 0 unspecified atom stereocenters. The van der Waals surface area contributed by atoms with E-state index >= 15 is 0 Å². The van der Waals surface area contributed by atoms with E-state index in [2.05, 4.69) is 82.4 Å². The van der Waals surface area contributed by atoms with E-state index in [1.54, 1.807) is 6.08 Å². The molecular formula is C28H21N3. The van der Waals surface area contributed by atoms with Crippen molar-refractivity contribution in [2.75, 3.05) is 0 Å². The van der Waals surface area contributed by atoms with Crippen LogP contribution in [0.4, 0.5) is 0 Å². The van der Waals surface area contributed by atoms with Gasteiger partial charge in [-0.2, -0.15) is 0 Å². The first kappa shape index (κ1) is 18.8. The van der Waals surface area contributed by atoms with E-state index < -0.39 is 0 Å². The lowest BCUT2D eigenvalue weighted by atomic mass is 10.1. The minimum Gasteiger partial charge on any atom is -0.309 e. The molecule has 1 N–H and O–H groups in total. The smallest absolute Gasteiger partial charge is 0.0717 e. The van der Waals surface area contributed by atoms with Crippen molar-refractivity contribution in [3.05, 3.63) is 120 Å². The van der Waals surface area contributed by atoms with E-state index in [9.17, 15) is 0 Å². The second kappa shape index (κ2) is 8.25. The molecule has 0 bridgehead atoms. The molecule has 5 rings (SSSR count). The van der Waals surface area contributed by atoms with Crippen LogP contribution in [0, 0.1) is 5.41 Å². The topological polar surface area (TPSA) is 41.1 Å². The summed E-state index contributed by atoms with van der Waals surface area (Å²) in [6.07, 6.45) is 4.82. The normalized spacial score (nSPS) is 12.1. The number of hydrogen-bond acceptors (Lipinski definition) is 2. The molecule has 148 valence electrons. The minimum absolute atomic E-state index is 0.766. The Morgan fingerprint density at radius 3 is 1.87 bits per heavy atom. The number of aromatic nitrogens is 1. The Morgan fingerprint density at radius 2 is 1.26 bits per heavy atom. The van der Waals surface area contributed by atoms with E-state index in [4.69, 9.17) is 5.41 Å². The third-order valence-corrected chi connectivity index (χ3v) is 5.39. The molecule has 3 nitrogen and oxygen atoms in total. The molecule has 0 saturated heterocycles. The summed E-state index contributed by atoms with van der Waals surface area (Å²) in [4.78, 5) is 4.62. The van der Waals surface area contributed by atoms with Gasteiger partial charge >= 0.3 is 0 Å². The van der Waals surface area contributed by atoms with Crippen molar-refractivity contribution in [2.24, 2.45) is 4.99 Å². The highest BCUT2D eigenvalue weighted by Gasteiger charge is 2.10. The molecule has 31 heavy (non-hydrogen) atoms. The molecule has 5 aromatic rings. The summed E-state index contributed by atoms with van der Waals surface area (Å²) in [7, 11) is 0. The Bertz CT molecular complexity index is 1370. The number of allylic oxidation sites excluding steroid dienone is 1. The molecule has 0 saturated carbocycles. The van der Waals surface area contributed by atoms with Crippen LogP contribution in [-0.2, 0) is 0 Å². The van der Waals surface area contributed by atoms with Gasteiger partial charge in [-0.1, -0.05) is 78.9 Å². The molecule has 1 heterocycles. The Balaban J connectivity index is 1.52. The highest BCUT2D eigenvalue weighted by Crippen LogP contribution is 2.31. The predicted molar refractivity (Wildman–Crippen MR) is 132 cm³/mol. The summed E-state index contributed by atoms with van der Waals surface area (Å²) in [6.45, 7) is 0. The van der Waals surface area contributed by atoms with Crippen LogP contribution in [-0.4, -0.2) is 17.0 Å². The van der Waals surface area contributed by atoms with Gasteiger partial charge in [-0.3, -0.25) is 4.99 Å². The zero-order valence-electron chi connectivity index (χ0n) is 16.9. The van der Waals surface area contributed by atoms with Gasteiger partial charge in [-0.25, -0.2) is 0 Å². The predicted octanol–water partition coefficient (Wildman–Crippen LogP) is 6.89. The molecular weight excluding hydrogens is 378 g/mol. The molecule has 0 aliphatic rings. The van der Waals surface area contributed by atoms with Gasteiger partial charge < -0.3 is 9.98 Å². The summed E-state index contributed by atoms with van der Waals surface area (Å²) >= 11 is 0. The zero-order chi connectivity index (χ0) is 21.0. The molecule has 0 radical (unpaired) electrons. The average Bonchev–Trinajstić information content (AvgIpc) is 3.17. The summed E-state index contributed by atoms with van der Waals surface area (Å²) in [5.74, 6) is 0. The molecule has 0 spiro atoms. The Kier molecular flexibility index (Phi) is 4.99. The lowest BCUT2D eigenvalue weighted by molar-refractivity contribution is 1.18. The monoisotopic (exact) mass is 399 g/mol. The van der Waals surface area contributed by atoms with Gasteiger partial charge in [0.15, 0.2) is 0 Å². The lowest BCUT2D eigenvalue weighted by Gasteiger charge is -2.08. The molecule has 0 aliphatic heterocycles. The van der Waals surface area contributed by atoms with Crippen molar-refractivity contribution < 1.29 is 0 Å². The average molecular weight is 399 g/mol. The van der Waals surface area contributed by atoms with Crippen molar-refractivity contribution in [1.82, 2.24) is 4.57 Å². The number of nitrogens with one attached hydrogen (secondary N) is 1. The van der Waals surface area contributed by atoms with Crippen LogP contribution in [0.2, 0.25) is 0 Å². The summed E-state index contributed by atoms with van der Waals surface area (Å²) < 4.78 is 2.30. The third kappa shape index (κ3) is 3.58. The maximum absolute atomic E-state index is 7.43. The van der Waals surface area contributed by atoms with E-state index in [0.717, 1.165) is 22.5 Å². The second-order valence-corrected chi connectivity index (χ2v) is 7.30. The fraction of sp³-hybridized carbons (Fsp3) is 0. The molecule has 3 heteroatoms. The zero-order valence-corrected chi connectivity index (χ0v) is 16.9. The molecule has 0 atom stereocenters. The minimum atomic E-state index is 0.766. The maximum Gasteiger partial charge on any atom is 0.0717 e. The Labute approximate surface area is 181 Å². The molecule has 1 aromatic heterocycles. The van der Waals surface area contributed by atoms with Gasteiger partial charge in [0.05, 0.1) is 16.7 Å². The Morgan fingerprint density at radius 1 is 0.677 bits per heavy atom. The van der Waals surface area contributed by atoms with E-state index in [-0.39, 0.29) is 0 Å². The van der Waals surface area contributed by atoms with Crippen molar-refractivity contribution in [1.29, 1.82) is 5.41 Å². The number of fused-ring (bicyclic) bond motifs is 3. The van der Waals surface area contributed by atoms with Crippen molar-refractivity contribution in [3.63, 3.8) is 0 Å². The van der Waals surface area contributed by atoms with Crippen LogP contribution in [0.1, 0.15) is 11.1 Å². The molecule has 0 amide bonds. The van der Waals surface area contributed by atoms with Crippen LogP contribution in [0.25, 0.3) is 33.2 Å². The number of rotatable bonds is 5. The number of benzene rings is 4. The van der Waals surface area contributed by atoms with Gasteiger partial charge in [-0.05, 0) is 35.9 Å². The maximum atomic E-state index is 7.43. The van der Waals surface area contributed by atoms with Gasteiger partial charge in [0.25, 0.3) is 0 Å². The first-order valence-electron chi connectivity index (χ1n) is 10.2. The van der Waals surface area contributed by atoms with Gasteiger partial charge in [0.2, 0.25) is 0 Å². The number of aliphatic imine (C=N–C) groups is 1. The van der Waals surface area contributed by atoms with Gasteiger partial charge in [0.1, 0.15) is 0 Å². The van der Waals surface area contributed by atoms with E-state index in [1.807, 2.05) is 36.5 Å². The first-order valence-corrected chi connectivity index (χ1v) is 10.2. The SMILES string of the molecule is N=C/C=C(\N=Cc1ccc(-n2c3ccccc3c3ccccc32)cc1)c1ccccc1. The van der Waals surface area contributed by atoms with E-state index in [1.165, 1.54) is 28.0 Å². The number of hydrogen-bond donors (Lipinski definition) is 1. The number of nitrogens with zero attached hydrogens (tertiary/aromatic N) is 2. The summed E-state index contributed by atoms with van der Waals surface area (Å²) in [5.41, 5.74) is 6.28. The van der Waals surface area contributed by atoms with Crippen LogP contribution in [0.5, 0.6) is 0 Å². The quantitative estimate of drug-likeness (QED) is 0.313. The Hall–Kier alpha value is -4.24. The molecule has 0 fully saturated rings. The third-order valence-electron chi connectivity index (χ3n) is 5.39. The van der Waals surface area contributed by atoms with Crippen LogP contribution < -0.4 is 0 Å². The van der Waals surface area contributed by atoms with Gasteiger partial charge in [-0.15, -0.1) is 0 Å². The standard InChI is InChI=1S/C28H21N3/c29-19-18-26(22-8-2-1-3-9-22)30-20-21-14-16-23(17-15-21)31-27-12-6-4-10-24(27)25-11-5-7-13-28(25)31/h1-20,29H/b26-18-,29-19?,30-20?. The fourth-order valence-electron chi connectivity index (χ4n) is 3.96. The van der Waals surface area contributed by atoms with E-state index in [0.29, 0.717) is 0 Å². The molecule has 0 aliphatic carbocycles. The first-order chi connectivity index (χ1) is 15.3. The highest BCUT2D eigenvalue weighted by atomic mass is 15.0. The van der Waals surface area contributed by atoms with Crippen molar-refractivity contribution in [3.8, 4) is 5.69 Å². The highest BCUT2D eigenvalue weighted by molar-refractivity contribution is 6.09. The molecule has 4 aromatic carbocycles. The summed E-state index contributed by atoms with van der Waals surface area (Å²) in [6, 6.07) is 35.4. The fourth-order valence-corrected chi connectivity index (χ4v) is 3.96. The summed E-state index contributed by atoms with van der Waals surface area (Å²) in [5, 5.41) is 9.94. The number of para-hydroxylation sites is 2. The van der Waals surface area contributed by atoms with Crippen molar-refractivity contribution in [2.45, 2.75) is 0 Å². The largest absolute Gasteiger partial charge is 0.309 e. The van der Waals surface area contributed by atoms with Crippen LogP contribution in [0.3, 0.4) is 0 Å². The van der Waals surface area contributed by atoms with Gasteiger partial charge in [0, 0.05) is 34.5 Å². The van der Waals surface area contributed by atoms with Crippen LogP contribution >= 0.6 is 0 Å². The van der Waals surface area contributed by atoms with Crippen molar-refractivity contribution >= 4 is 39.9 Å².